The Labute approximate surface area is 353 Å². The molecule has 4 nitrogen and oxygen atoms in total. The summed E-state index contributed by atoms with van der Waals surface area (Å²) in [5.74, 6) is 0.0230. The monoisotopic (exact) mass is 800 g/mol. The molecule has 0 spiro atoms. The molecule has 5 heterocycles. The maximum absolute atomic E-state index is 5.92. The predicted octanol–water partition coefficient (Wildman–Crippen LogP) is 13.2. The Kier molecular flexibility index (Phi) is 13.8. The van der Waals surface area contributed by atoms with E-state index in [-0.39, 0.29) is 28.3 Å². The first-order valence-corrected chi connectivity index (χ1v) is 22.0. The number of hydrogen-bond acceptors (Lipinski definition) is 2. The largest absolute Gasteiger partial charge is 2.00 e. The van der Waals surface area contributed by atoms with Crippen LogP contribution in [0.3, 0.4) is 0 Å². The smallest absolute Gasteiger partial charge is 0.660 e. The summed E-state index contributed by atoms with van der Waals surface area (Å²) in [6, 6.07) is 22.0. The predicted molar refractivity (Wildman–Crippen MR) is 238 cm³/mol. The first-order chi connectivity index (χ1) is 27.4. The molecule has 0 amide bonds. The van der Waals surface area contributed by atoms with Gasteiger partial charge in [-0.1, -0.05) is 164 Å². The van der Waals surface area contributed by atoms with E-state index in [9.17, 15) is 0 Å². The molecule has 5 heteroatoms. The normalized spacial score (nSPS) is 20.1. The Hall–Kier alpha value is -4.21. The first kappa shape index (κ1) is 42.4. The average molecular weight is 802 g/mol. The maximum atomic E-state index is 5.92. The second-order valence-electron chi connectivity index (χ2n) is 15.5. The summed E-state index contributed by atoms with van der Waals surface area (Å²) in [5.41, 5.74) is 23.7. The van der Waals surface area contributed by atoms with Crippen LogP contribution in [0.15, 0.2) is 104 Å². The van der Waals surface area contributed by atoms with Crippen molar-refractivity contribution in [3.63, 3.8) is 0 Å². The Morgan fingerprint density at radius 1 is 0.544 bits per heavy atom. The van der Waals surface area contributed by atoms with Crippen molar-refractivity contribution in [2.24, 2.45) is 9.98 Å². The average Bonchev–Trinajstić information content (AvgIpc) is 3.98. The summed E-state index contributed by atoms with van der Waals surface area (Å²) >= 11 is 0. The number of nitrogens with zero attached hydrogens (tertiary/aromatic N) is 4. The van der Waals surface area contributed by atoms with Crippen molar-refractivity contribution >= 4 is 23.1 Å². The minimum atomic E-state index is -0.101. The van der Waals surface area contributed by atoms with E-state index in [0.29, 0.717) is 0 Å². The molecular weight excluding hydrogens is 739 g/mol. The Morgan fingerprint density at radius 2 is 1.12 bits per heavy atom. The number of benzene rings is 2. The molecule has 57 heavy (non-hydrogen) atoms. The zero-order valence-electron chi connectivity index (χ0n) is 35.9. The van der Waals surface area contributed by atoms with Gasteiger partial charge in [0.05, 0.1) is 22.8 Å². The number of allylic oxidation sites excluding steroid dienone is 4. The summed E-state index contributed by atoms with van der Waals surface area (Å²) in [6.45, 7) is 20.8. The van der Waals surface area contributed by atoms with Crippen molar-refractivity contribution in [1.82, 2.24) is 9.97 Å². The van der Waals surface area contributed by atoms with Gasteiger partial charge in [-0.25, -0.2) is 0 Å². The molecule has 0 saturated heterocycles. The van der Waals surface area contributed by atoms with Crippen molar-refractivity contribution in [1.29, 1.82) is 0 Å². The molecular formula is C52H62N4Ni. The summed E-state index contributed by atoms with van der Waals surface area (Å²) in [7, 11) is 0. The van der Waals surface area contributed by atoms with E-state index in [2.05, 4.69) is 129 Å². The number of fused-ring (bicyclic) bond motifs is 6. The van der Waals surface area contributed by atoms with Gasteiger partial charge >= 0.3 is 16.5 Å². The Bertz CT molecular complexity index is 2270. The van der Waals surface area contributed by atoms with Crippen molar-refractivity contribution in [2.75, 3.05) is 0 Å². The number of aliphatic imine (C=N–C) groups is 2. The molecule has 2 atom stereocenters. The van der Waals surface area contributed by atoms with Crippen molar-refractivity contribution in [2.45, 2.75) is 145 Å². The van der Waals surface area contributed by atoms with Gasteiger partial charge < -0.3 is 9.97 Å². The molecule has 2 aromatic heterocycles. The maximum Gasteiger partial charge on any atom is 2.00 e. The van der Waals surface area contributed by atoms with E-state index in [1.807, 2.05) is 0 Å². The third kappa shape index (κ3) is 7.39. The van der Waals surface area contributed by atoms with Crippen LogP contribution in [0.1, 0.15) is 175 Å². The van der Waals surface area contributed by atoms with Crippen molar-refractivity contribution < 1.29 is 16.5 Å². The van der Waals surface area contributed by atoms with Crippen LogP contribution >= 0.6 is 0 Å². The van der Waals surface area contributed by atoms with E-state index < -0.39 is 0 Å². The zero-order chi connectivity index (χ0) is 39.5. The molecule has 2 aromatic carbocycles. The molecule has 3 aliphatic heterocycles. The minimum Gasteiger partial charge on any atom is -0.660 e. The molecule has 8 bridgehead atoms. The Morgan fingerprint density at radius 3 is 1.70 bits per heavy atom. The van der Waals surface area contributed by atoms with Gasteiger partial charge in [-0.2, -0.15) is 0 Å². The third-order valence-corrected chi connectivity index (χ3v) is 12.7. The molecule has 0 radical (unpaired) electrons. The standard InChI is InChI=1S/C52H62N4.Ni/c1-10-19-30-42-47-36(13-4)34(11-2)43(53-47)31-44-35(12-3)37(14-5)49(54-44)45(32-26-22-20-23-27-32)51-40(17-8)41(18-9)52(56-51)46(33-28-24-21-25-29-33)50-39(16-7)38(15-6)48(42)55-50;/h20-29,31,42,45H,10-19,30H2,1-9H3;/q-2;+2/b44-31-,50-46-;/t42-,45+;/m1./s1. The molecule has 3 aliphatic rings. The number of rotatable bonds is 13. The van der Waals surface area contributed by atoms with Gasteiger partial charge in [-0.3, -0.25) is 9.98 Å². The van der Waals surface area contributed by atoms with Gasteiger partial charge in [-0.05, 0) is 96.8 Å². The van der Waals surface area contributed by atoms with Crippen LogP contribution in [-0.4, -0.2) is 11.4 Å². The Balaban J connectivity index is 0.00000549. The first-order valence-electron chi connectivity index (χ1n) is 22.0. The molecule has 0 unspecified atom stereocenters. The summed E-state index contributed by atoms with van der Waals surface area (Å²) < 4.78 is 0. The van der Waals surface area contributed by atoms with Crippen molar-refractivity contribution in [3.8, 4) is 0 Å². The fourth-order valence-electron chi connectivity index (χ4n) is 10.1. The quantitative estimate of drug-likeness (QED) is 0.126. The van der Waals surface area contributed by atoms with Gasteiger partial charge in [-0.15, -0.1) is 22.8 Å². The SMILES string of the molecule is CCCC[C@H]1C2=N/C(=C(/c3ccccc3)c3[n-]c(c(CC)c3CC)[C@@H](c3ccccc3)C3=N/C(=C\c4[n-]c1c(CC)c4CC)C(CC)=C3CC)C(CC)=C2CC.[Ni+2]. The van der Waals surface area contributed by atoms with Crippen LogP contribution < -0.4 is 9.97 Å². The molecule has 300 valence electrons. The number of hydrogen-bond donors (Lipinski definition) is 0. The van der Waals surface area contributed by atoms with E-state index in [1.54, 1.807) is 0 Å². The molecule has 0 aliphatic carbocycles. The van der Waals surface area contributed by atoms with Gasteiger partial charge in [0.2, 0.25) is 0 Å². The van der Waals surface area contributed by atoms with E-state index in [4.69, 9.17) is 20.0 Å². The van der Waals surface area contributed by atoms with E-state index in [1.165, 1.54) is 72.7 Å². The van der Waals surface area contributed by atoms with Crippen LogP contribution in [-0.2, 0) is 42.2 Å². The molecule has 0 fully saturated rings. The van der Waals surface area contributed by atoms with Crippen molar-refractivity contribution in [3.05, 3.63) is 151 Å². The van der Waals surface area contributed by atoms with Crippen LogP contribution in [0.2, 0.25) is 0 Å². The van der Waals surface area contributed by atoms with Crippen LogP contribution in [0.25, 0.3) is 11.6 Å². The summed E-state index contributed by atoms with van der Waals surface area (Å²) in [6.07, 6.45) is 13.0. The summed E-state index contributed by atoms with van der Waals surface area (Å²) in [4.78, 5) is 23.3. The topological polar surface area (TPSA) is 52.9 Å². The minimum absolute atomic E-state index is 0. The molecule has 4 aromatic rings. The van der Waals surface area contributed by atoms with Gasteiger partial charge in [0, 0.05) is 11.8 Å². The fraction of sp³-hybridized carbons (Fsp3) is 0.423. The zero-order valence-corrected chi connectivity index (χ0v) is 36.9. The van der Waals surface area contributed by atoms with Gasteiger partial charge in [0.15, 0.2) is 0 Å². The molecule has 0 N–H and O–H groups in total. The van der Waals surface area contributed by atoms with Crippen LogP contribution in [0.4, 0.5) is 0 Å². The molecule has 7 rings (SSSR count). The number of aromatic nitrogens is 2. The second kappa shape index (κ2) is 18.6. The fourth-order valence-corrected chi connectivity index (χ4v) is 10.1. The number of unbranched alkanes of at least 4 members (excludes halogenated alkanes) is 1. The van der Waals surface area contributed by atoms with Gasteiger partial charge in [0.25, 0.3) is 0 Å². The third-order valence-electron chi connectivity index (χ3n) is 12.7. The second-order valence-corrected chi connectivity index (χ2v) is 15.5. The van der Waals surface area contributed by atoms with E-state index in [0.717, 1.165) is 105 Å². The van der Waals surface area contributed by atoms with Crippen LogP contribution in [0.5, 0.6) is 0 Å². The van der Waals surface area contributed by atoms with Gasteiger partial charge in [0.1, 0.15) is 0 Å². The molecule has 0 saturated carbocycles. The summed E-state index contributed by atoms with van der Waals surface area (Å²) in [5, 5.41) is 0. The van der Waals surface area contributed by atoms with Crippen LogP contribution in [0, 0.1) is 0 Å². The van der Waals surface area contributed by atoms with E-state index >= 15 is 0 Å².